The number of hydrogen-bond acceptors (Lipinski definition) is 4. The Morgan fingerprint density at radius 1 is 1.23 bits per heavy atom. The van der Waals surface area contributed by atoms with Crippen LogP contribution in [0.15, 0.2) is 36.4 Å². The lowest BCUT2D eigenvalue weighted by Crippen LogP contribution is -2.51. The van der Waals surface area contributed by atoms with Crippen LogP contribution >= 0.6 is 11.3 Å². The zero-order chi connectivity index (χ0) is 18.1. The van der Waals surface area contributed by atoms with Crippen molar-refractivity contribution in [3.05, 3.63) is 51.7 Å². The third-order valence-corrected chi connectivity index (χ3v) is 6.67. The van der Waals surface area contributed by atoms with E-state index < -0.39 is 0 Å². The molecule has 1 aromatic carbocycles. The van der Waals surface area contributed by atoms with Crippen molar-refractivity contribution in [1.82, 2.24) is 10.2 Å². The number of amides is 1. The normalized spacial score (nSPS) is 25.5. The second kappa shape index (κ2) is 7.05. The van der Waals surface area contributed by atoms with E-state index in [0.29, 0.717) is 19.1 Å². The number of carbonyl (C=O) groups excluding carboxylic acids is 1. The van der Waals surface area contributed by atoms with E-state index in [1.54, 1.807) is 11.3 Å². The highest BCUT2D eigenvalue weighted by atomic mass is 32.1. The Bertz CT molecular complexity index is 793. The van der Waals surface area contributed by atoms with Crippen LogP contribution in [0.2, 0.25) is 0 Å². The molecule has 26 heavy (non-hydrogen) atoms. The lowest BCUT2D eigenvalue weighted by Gasteiger charge is -2.41. The van der Waals surface area contributed by atoms with Gasteiger partial charge < -0.3 is 15.0 Å². The van der Waals surface area contributed by atoms with Crippen molar-refractivity contribution in [3.8, 4) is 5.75 Å². The van der Waals surface area contributed by atoms with Crippen molar-refractivity contribution >= 4 is 17.2 Å². The Hall–Kier alpha value is -1.85. The van der Waals surface area contributed by atoms with Gasteiger partial charge in [0.15, 0.2) is 0 Å². The number of aryl methyl sites for hydroxylation is 1. The Balaban J connectivity index is 1.65. The summed E-state index contributed by atoms with van der Waals surface area (Å²) in [6.07, 6.45) is 4.11. The molecule has 0 unspecified atom stereocenters. The molecule has 0 bridgehead atoms. The maximum atomic E-state index is 13.2. The van der Waals surface area contributed by atoms with E-state index >= 15 is 0 Å². The predicted octanol–water partition coefficient (Wildman–Crippen LogP) is 3.99. The summed E-state index contributed by atoms with van der Waals surface area (Å²) in [5.74, 6) is 1.06. The summed E-state index contributed by atoms with van der Waals surface area (Å²) in [5, 5.41) is 3.39. The SMILES string of the molecule is CNC1CCC2(CC1)CN(C(=O)c1ccc(C)s1)Cc1ccccc1O2. The van der Waals surface area contributed by atoms with E-state index in [9.17, 15) is 4.79 Å². The summed E-state index contributed by atoms with van der Waals surface area (Å²) >= 11 is 1.57. The summed E-state index contributed by atoms with van der Waals surface area (Å²) in [5.41, 5.74) is 0.823. The van der Waals surface area contributed by atoms with Gasteiger partial charge in [-0.15, -0.1) is 11.3 Å². The van der Waals surface area contributed by atoms with Crippen LogP contribution in [0.5, 0.6) is 5.75 Å². The molecule has 0 atom stereocenters. The minimum Gasteiger partial charge on any atom is -0.485 e. The molecule has 2 aromatic rings. The van der Waals surface area contributed by atoms with Gasteiger partial charge in [0.05, 0.1) is 11.4 Å². The fourth-order valence-corrected chi connectivity index (χ4v) is 4.99. The van der Waals surface area contributed by atoms with Crippen LogP contribution in [0.25, 0.3) is 0 Å². The van der Waals surface area contributed by atoms with Gasteiger partial charge in [0, 0.05) is 23.0 Å². The summed E-state index contributed by atoms with van der Waals surface area (Å²) < 4.78 is 6.58. The van der Waals surface area contributed by atoms with Crippen molar-refractivity contribution in [2.24, 2.45) is 0 Å². The molecule has 1 aliphatic carbocycles. The van der Waals surface area contributed by atoms with Gasteiger partial charge in [-0.2, -0.15) is 0 Å². The molecule has 2 aliphatic rings. The van der Waals surface area contributed by atoms with Crippen LogP contribution in [-0.4, -0.2) is 36.0 Å². The number of benzene rings is 1. The maximum absolute atomic E-state index is 13.2. The van der Waals surface area contributed by atoms with Crippen molar-refractivity contribution in [3.63, 3.8) is 0 Å². The lowest BCUT2D eigenvalue weighted by atomic mass is 9.81. The van der Waals surface area contributed by atoms with Gasteiger partial charge in [0.2, 0.25) is 0 Å². The lowest BCUT2D eigenvalue weighted by molar-refractivity contribution is 0.000563. The van der Waals surface area contributed by atoms with E-state index in [1.807, 2.05) is 49.2 Å². The second-order valence-electron chi connectivity index (χ2n) is 7.53. The zero-order valence-electron chi connectivity index (χ0n) is 15.5. The molecular formula is C21H26N2O2S. The fraction of sp³-hybridized carbons (Fsp3) is 0.476. The molecule has 1 fully saturated rings. The van der Waals surface area contributed by atoms with Crippen LogP contribution in [0.3, 0.4) is 0 Å². The van der Waals surface area contributed by atoms with Crippen LogP contribution in [0.1, 0.15) is 45.8 Å². The summed E-state index contributed by atoms with van der Waals surface area (Å²) in [4.78, 5) is 17.2. The average Bonchev–Trinajstić information content (AvgIpc) is 3.02. The number of hydrogen-bond donors (Lipinski definition) is 1. The molecule has 1 amide bonds. The molecule has 138 valence electrons. The second-order valence-corrected chi connectivity index (χ2v) is 8.82. The number of nitrogens with zero attached hydrogens (tertiary/aromatic N) is 1. The number of ether oxygens (including phenoxy) is 1. The first kappa shape index (κ1) is 17.6. The summed E-state index contributed by atoms with van der Waals surface area (Å²) in [7, 11) is 2.03. The van der Waals surface area contributed by atoms with Gasteiger partial charge in [-0.1, -0.05) is 18.2 Å². The van der Waals surface area contributed by atoms with Gasteiger partial charge in [-0.25, -0.2) is 0 Å². The number of fused-ring (bicyclic) bond motifs is 1. The highest BCUT2D eigenvalue weighted by Gasteiger charge is 2.42. The maximum Gasteiger partial charge on any atom is 0.264 e. The molecule has 1 saturated carbocycles. The van der Waals surface area contributed by atoms with Gasteiger partial charge in [-0.3, -0.25) is 4.79 Å². The molecule has 5 heteroatoms. The first-order valence-corrected chi connectivity index (χ1v) is 10.2. The van der Waals surface area contributed by atoms with E-state index in [-0.39, 0.29) is 11.5 Å². The van der Waals surface area contributed by atoms with E-state index in [1.165, 1.54) is 4.88 Å². The molecule has 1 aromatic heterocycles. The van der Waals surface area contributed by atoms with Crippen LogP contribution in [0, 0.1) is 6.92 Å². The first-order valence-electron chi connectivity index (χ1n) is 9.38. The van der Waals surface area contributed by atoms with Crippen molar-refractivity contribution in [2.75, 3.05) is 13.6 Å². The van der Waals surface area contributed by atoms with E-state index in [4.69, 9.17) is 4.74 Å². The third-order valence-electron chi connectivity index (χ3n) is 5.68. The zero-order valence-corrected chi connectivity index (χ0v) is 16.3. The van der Waals surface area contributed by atoms with Crippen molar-refractivity contribution in [1.29, 1.82) is 0 Å². The topological polar surface area (TPSA) is 41.6 Å². The number of nitrogens with one attached hydrogen (secondary N) is 1. The predicted molar refractivity (Wildman–Crippen MR) is 105 cm³/mol. The average molecular weight is 371 g/mol. The van der Waals surface area contributed by atoms with E-state index in [0.717, 1.165) is 41.9 Å². The molecule has 0 saturated heterocycles. The largest absolute Gasteiger partial charge is 0.485 e. The quantitative estimate of drug-likeness (QED) is 0.869. The Morgan fingerprint density at radius 3 is 2.69 bits per heavy atom. The minimum absolute atomic E-state index is 0.124. The van der Waals surface area contributed by atoms with Crippen molar-refractivity contribution < 1.29 is 9.53 Å². The van der Waals surface area contributed by atoms with Crippen molar-refractivity contribution in [2.45, 2.75) is 50.8 Å². The molecule has 1 aliphatic heterocycles. The molecular weight excluding hydrogens is 344 g/mol. The highest BCUT2D eigenvalue weighted by Crippen LogP contribution is 2.38. The van der Waals surface area contributed by atoms with Crippen LogP contribution in [0.4, 0.5) is 0 Å². The molecule has 4 nitrogen and oxygen atoms in total. The van der Waals surface area contributed by atoms with Gasteiger partial charge >= 0.3 is 0 Å². The molecule has 2 heterocycles. The Morgan fingerprint density at radius 2 is 2.00 bits per heavy atom. The van der Waals surface area contributed by atoms with Gasteiger partial charge in [0.25, 0.3) is 5.91 Å². The van der Waals surface area contributed by atoms with Gasteiger partial charge in [-0.05, 0) is 57.9 Å². The third kappa shape index (κ3) is 3.38. The van der Waals surface area contributed by atoms with Gasteiger partial charge in [0.1, 0.15) is 11.4 Å². The molecule has 1 spiro atoms. The molecule has 4 rings (SSSR count). The smallest absolute Gasteiger partial charge is 0.264 e. The minimum atomic E-state index is -0.276. The molecule has 1 N–H and O–H groups in total. The number of para-hydroxylation sites is 1. The number of carbonyl (C=O) groups is 1. The standard InChI is InChI=1S/C21H26N2O2S/c1-15-7-8-19(26-15)20(24)23-13-16-5-3-4-6-18(16)25-21(14-23)11-9-17(22-2)10-12-21/h3-8,17,22H,9-14H2,1-2H3. The Labute approximate surface area is 159 Å². The summed E-state index contributed by atoms with van der Waals surface area (Å²) in [6.45, 7) is 3.32. The highest BCUT2D eigenvalue weighted by molar-refractivity contribution is 7.13. The monoisotopic (exact) mass is 370 g/mol. The van der Waals surface area contributed by atoms with E-state index in [2.05, 4.69) is 11.4 Å². The fourth-order valence-electron chi connectivity index (χ4n) is 4.15. The summed E-state index contributed by atoms with van der Waals surface area (Å²) in [6, 6.07) is 12.7. The Kier molecular flexibility index (Phi) is 4.76. The van der Waals surface area contributed by atoms with Crippen LogP contribution < -0.4 is 10.1 Å². The number of rotatable bonds is 2. The molecule has 0 radical (unpaired) electrons. The first-order chi connectivity index (χ1) is 12.6. The van der Waals surface area contributed by atoms with Crippen LogP contribution in [-0.2, 0) is 6.54 Å². The number of thiophene rings is 1.